The zero-order chi connectivity index (χ0) is 10.8. The van der Waals surface area contributed by atoms with Gasteiger partial charge < -0.3 is 10.3 Å². The number of aromatic nitrogens is 2. The molecule has 5 nitrogen and oxygen atoms in total. The van der Waals surface area contributed by atoms with E-state index in [9.17, 15) is 0 Å². The Morgan fingerprint density at radius 3 is 2.87 bits per heavy atom. The van der Waals surface area contributed by atoms with Gasteiger partial charge in [-0.25, -0.2) is 0 Å². The third kappa shape index (κ3) is 2.35. The first kappa shape index (κ1) is 10.6. The van der Waals surface area contributed by atoms with Crippen molar-refractivity contribution in [2.75, 3.05) is 13.1 Å². The standard InChI is InChI=1S/C10H18N4O/c1-3-9-12-10(15-13-9)6-14-4-7(2)8(11)5-14/h7-8H,3-6,11H2,1-2H3. The Balaban J connectivity index is 1.92. The first-order valence-corrected chi connectivity index (χ1v) is 5.48. The van der Waals surface area contributed by atoms with Crippen LogP contribution in [0.5, 0.6) is 0 Å². The quantitative estimate of drug-likeness (QED) is 0.782. The molecular formula is C10H18N4O. The fourth-order valence-electron chi connectivity index (χ4n) is 1.91. The molecule has 1 aliphatic heterocycles. The van der Waals surface area contributed by atoms with Gasteiger partial charge in [0.15, 0.2) is 5.82 Å². The van der Waals surface area contributed by atoms with E-state index in [0.717, 1.165) is 31.9 Å². The number of hydrogen-bond acceptors (Lipinski definition) is 5. The second kappa shape index (κ2) is 4.28. The molecule has 1 fully saturated rings. The second-order valence-electron chi connectivity index (χ2n) is 4.29. The first-order chi connectivity index (χ1) is 7.19. The Hall–Kier alpha value is -0.940. The number of nitrogens with two attached hydrogens (primary N) is 1. The Morgan fingerprint density at radius 2 is 2.33 bits per heavy atom. The van der Waals surface area contributed by atoms with Gasteiger partial charge in [-0.05, 0) is 5.92 Å². The number of nitrogens with zero attached hydrogens (tertiary/aromatic N) is 3. The molecule has 0 aliphatic carbocycles. The van der Waals surface area contributed by atoms with Crippen LogP contribution in [0.3, 0.4) is 0 Å². The van der Waals surface area contributed by atoms with Crippen molar-refractivity contribution in [2.24, 2.45) is 11.7 Å². The van der Waals surface area contributed by atoms with E-state index in [-0.39, 0.29) is 6.04 Å². The van der Waals surface area contributed by atoms with Crippen molar-refractivity contribution in [3.63, 3.8) is 0 Å². The average Bonchev–Trinajstić information content (AvgIpc) is 2.76. The Kier molecular flexibility index (Phi) is 3.02. The molecule has 84 valence electrons. The van der Waals surface area contributed by atoms with E-state index in [2.05, 4.69) is 22.0 Å². The largest absolute Gasteiger partial charge is 0.338 e. The van der Waals surface area contributed by atoms with Crippen molar-refractivity contribution in [3.8, 4) is 0 Å². The Morgan fingerprint density at radius 1 is 1.53 bits per heavy atom. The maximum atomic E-state index is 5.95. The zero-order valence-electron chi connectivity index (χ0n) is 9.31. The molecule has 15 heavy (non-hydrogen) atoms. The van der Waals surface area contributed by atoms with Gasteiger partial charge in [-0.15, -0.1) is 0 Å². The average molecular weight is 210 g/mol. The summed E-state index contributed by atoms with van der Waals surface area (Å²) in [6.07, 6.45) is 0.819. The van der Waals surface area contributed by atoms with Crippen LogP contribution in [0, 0.1) is 5.92 Å². The summed E-state index contributed by atoms with van der Waals surface area (Å²) >= 11 is 0. The van der Waals surface area contributed by atoms with Crippen LogP contribution in [0.2, 0.25) is 0 Å². The molecule has 1 aromatic heterocycles. The molecule has 1 saturated heterocycles. The molecule has 0 saturated carbocycles. The van der Waals surface area contributed by atoms with Crippen LogP contribution >= 0.6 is 0 Å². The van der Waals surface area contributed by atoms with E-state index in [1.54, 1.807) is 0 Å². The van der Waals surface area contributed by atoms with E-state index in [1.807, 2.05) is 6.92 Å². The molecular weight excluding hydrogens is 192 g/mol. The van der Waals surface area contributed by atoms with Gasteiger partial charge >= 0.3 is 0 Å². The van der Waals surface area contributed by atoms with E-state index in [0.29, 0.717) is 11.8 Å². The summed E-state index contributed by atoms with van der Waals surface area (Å²) < 4.78 is 5.14. The summed E-state index contributed by atoms with van der Waals surface area (Å²) in [5.41, 5.74) is 5.95. The van der Waals surface area contributed by atoms with Crippen LogP contribution in [0.1, 0.15) is 25.6 Å². The summed E-state index contributed by atoms with van der Waals surface area (Å²) in [4.78, 5) is 6.55. The highest BCUT2D eigenvalue weighted by atomic mass is 16.5. The molecule has 2 heterocycles. The number of hydrogen-bond donors (Lipinski definition) is 1. The molecule has 5 heteroatoms. The van der Waals surface area contributed by atoms with Crippen molar-refractivity contribution in [2.45, 2.75) is 32.9 Å². The Bertz CT molecular complexity index is 315. The molecule has 0 spiro atoms. The van der Waals surface area contributed by atoms with Gasteiger partial charge in [0, 0.05) is 25.6 Å². The lowest BCUT2D eigenvalue weighted by Crippen LogP contribution is -2.28. The maximum Gasteiger partial charge on any atom is 0.240 e. The predicted molar refractivity (Wildman–Crippen MR) is 56.1 cm³/mol. The smallest absolute Gasteiger partial charge is 0.240 e. The summed E-state index contributed by atoms with van der Waals surface area (Å²) in [5.74, 6) is 2.04. The minimum absolute atomic E-state index is 0.276. The normalized spacial score (nSPS) is 27.4. The highest BCUT2D eigenvalue weighted by Gasteiger charge is 2.27. The molecule has 0 radical (unpaired) electrons. The first-order valence-electron chi connectivity index (χ1n) is 5.48. The lowest BCUT2D eigenvalue weighted by atomic mass is 10.1. The maximum absolute atomic E-state index is 5.95. The molecule has 2 unspecified atom stereocenters. The molecule has 0 bridgehead atoms. The minimum Gasteiger partial charge on any atom is -0.338 e. The van der Waals surface area contributed by atoms with E-state index >= 15 is 0 Å². The van der Waals surface area contributed by atoms with Crippen LogP contribution in [0.25, 0.3) is 0 Å². The zero-order valence-corrected chi connectivity index (χ0v) is 9.31. The number of likely N-dealkylation sites (tertiary alicyclic amines) is 1. The Labute approximate surface area is 89.6 Å². The van der Waals surface area contributed by atoms with E-state index in [1.165, 1.54) is 0 Å². The summed E-state index contributed by atoms with van der Waals surface area (Å²) in [7, 11) is 0. The monoisotopic (exact) mass is 210 g/mol. The molecule has 1 aromatic rings. The van der Waals surface area contributed by atoms with Gasteiger partial charge in [0.25, 0.3) is 0 Å². The highest BCUT2D eigenvalue weighted by molar-refractivity contribution is 4.90. The van der Waals surface area contributed by atoms with Crippen LogP contribution in [-0.2, 0) is 13.0 Å². The van der Waals surface area contributed by atoms with E-state index in [4.69, 9.17) is 10.3 Å². The highest BCUT2D eigenvalue weighted by Crippen LogP contribution is 2.16. The topological polar surface area (TPSA) is 68.2 Å². The fourth-order valence-corrected chi connectivity index (χ4v) is 1.91. The molecule has 0 aromatic carbocycles. The lowest BCUT2D eigenvalue weighted by Gasteiger charge is -2.11. The fraction of sp³-hybridized carbons (Fsp3) is 0.800. The van der Waals surface area contributed by atoms with Crippen molar-refractivity contribution in [3.05, 3.63) is 11.7 Å². The van der Waals surface area contributed by atoms with Gasteiger partial charge in [0.05, 0.1) is 6.54 Å². The van der Waals surface area contributed by atoms with Gasteiger partial charge in [0.1, 0.15) is 0 Å². The molecule has 1 aliphatic rings. The van der Waals surface area contributed by atoms with Crippen LogP contribution < -0.4 is 5.73 Å². The number of rotatable bonds is 3. The van der Waals surface area contributed by atoms with Crippen molar-refractivity contribution in [1.82, 2.24) is 15.0 Å². The van der Waals surface area contributed by atoms with Crippen LogP contribution in [0.4, 0.5) is 0 Å². The second-order valence-corrected chi connectivity index (χ2v) is 4.29. The predicted octanol–water partition coefficient (Wildman–Crippen LogP) is 0.411. The molecule has 2 atom stereocenters. The lowest BCUT2D eigenvalue weighted by molar-refractivity contribution is 0.260. The van der Waals surface area contributed by atoms with Gasteiger partial charge in [0.2, 0.25) is 5.89 Å². The third-order valence-corrected chi connectivity index (χ3v) is 2.93. The number of aryl methyl sites for hydroxylation is 1. The summed E-state index contributed by atoms with van der Waals surface area (Å²) in [6, 6.07) is 0.276. The van der Waals surface area contributed by atoms with Gasteiger partial charge in [-0.3, -0.25) is 4.90 Å². The SMILES string of the molecule is CCc1noc(CN2CC(C)C(N)C2)n1. The summed E-state index contributed by atoms with van der Waals surface area (Å²) in [6.45, 7) is 6.86. The molecule has 2 N–H and O–H groups in total. The molecule has 0 amide bonds. The van der Waals surface area contributed by atoms with Crippen molar-refractivity contribution >= 4 is 0 Å². The minimum atomic E-state index is 0.276. The molecule has 2 rings (SSSR count). The van der Waals surface area contributed by atoms with Crippen molar-refractivity contribution < 1.29 is 4.52 Å². The van der Waals surface area contributed by atoms with Gasteiger partial charge in [-0.1, -0.05) is 19.0 Å². The third-order valence-electron chi connectivity index (χ3n) is 2.93. The van der Waals surface area contributed by atoms with Crippen LogP contribution in [-0.4, -0.2) is 34.2 Å². The van der Waals surface area contributed by atoms with Crippen LogP contribution in [0.15, 0.2) is 4.52 Å². The van der Waals surface area contributed by atoms with Gasteiger partial charge in [-0.2, -0.15) is 4.98 Å². The van der Waals surface area contributed by atoms with E-state index < -0.39 is 0 Å². The summed E-state index contributed by atoms with van der Waals surface area (Å²) in [5, 5.41) is 3.87. The van der Waals surface area contributed by atoms with Crippen molar-refractivity contribution in [1.29, 1.82) is 0 Å².